The molecular formula is C15H16F3NO3. The molecule has 0 aromatic heterocycles. The number of carbonyl (C=O) groups excluding carboxylic acids is 1. The van der Waals surface area contributed by atoms with E-state index in [1.54, 1.807) is 0 Å². The fourth-order valence-electron chi connectivity index (χ4n) is 2.58. The van der Waals surface area contributed by atoms with E-state index >= 15 is 0 Å². The van der Waals surface area contributed by atoms with Crippen molar-refractivity contribution in [3.63, 3.8) is 0 Å². The first-order valence-electron chi connectivity index (χ1n) is 6.89. The van der Waals surface area contributed by atoms with E-state index < -0.39 is 23.2 Å². The number of hydrogen-bond donors (Lipinski definition) is 2. The van der Waals surface area contributed by atoms with Gasteiger partial charge in [-0.05, 0) is 37.0 Å². The summed E-state index contributed by atoms with van der Waals surface area (Å²) < 4.78 is 37.3. The van der Waals surface area contributed by atoms with Crippen molar-refractivity contribution in [3.8, 4) is 0 Å². The molecule has 1 saturated carbocycles. The van der Waals surface area contributed by atoms with E-state index in [1.807, 2.05) is 0 Å². The van der Waals surface area contributed by atoms with Gasteiger partial charge in [-0.2, -0.15) is 13.2 Å². The molecule has 2 rings (SSSR count). The number of amides is 1. The minimum Gasteiger partial charge on any atom is -0.481 e. The SMILES string of the molecule is O=C(O)CC1(NC(=O)Cc2ccc(C(F)(F)F)cc2)CCC1. The predicted octanol–water partition coefficient (Wildman–Crippen LogP) is 2.76. The van der Waals surface area contributed by atoms with Crippen molar-refractivity contribution in [2.24, 2.45) is 0 Å². The first-order valence-corrected chi connectivity index (χ1v) is 6.89. The Balaban J connectivity index is 1.96. The zero-order valence-electron chi connectivity index (χ0n) is 11.7. The summed E-state index contributed by atoms with van der Waals surface area (Å²) in [5, 5.41) is 11.6. The number of benzene rings is 1. The normalized spacial score (nSPS) is 16.7. The molecule has 0 saturated heterocycles. The smallest absolute Gasteiger partial charge is 0.416 e. The quantitative estimate of drug-likeness (QED) is 0.878. The Labute approximate surface area is 125 Å². The van der Waals surface area contributed by atoms with E-state index in [-0.39, 0.29) is 18.7 Å². The summed E-state index contributed by atoms with van der Waals surface area (Å²) in [7, 11) is 0. The minimum atomic E-state index is -4.40. The Kier molecular flexibility index (Phi) is 4.44. The van der Waals surface area contributed by atoms with Crippen molar-refractivity contribution in [3.05, 3.63) is 35.4 Å². The molecule has 0 unspecified atom stereocenters. The average Bonchev–Trinajstić information content (AvgIpc) is 2.35. The summed E-state index contributed by atoms with van der Waals surface area (Å²) in [6, 6.07) is 4.37. The fourth-order valence-corrected chi connectivity index (χ4v) is 2.58. The molecule has 7 heteroatoms. The Morgan fingerprint density at radius 3 is 2.18 bits per heavy atom. The minimum absolute atomic E-state index is 0.0699. The lowest BCUT2D eigenvalue weighted by Gasteiger charge is -2.41. The number of carboxylic acid groups (broad SMARTS) is 1. The molecule has 1 aliphatic rings. The monoisotopic (exact) mass is 315 g/mol. The number of aliphatic carboxylic acids is 1. The number of hydrogen-bond acceptors (Lipinski definition) is 2. The van der Waals surface area contributed by atoms with E-state index in [2.05, 4.69) is 5.32 Å². The van der Waals surface area contributed by atoms with Gasteiger partial charge < -0.3 is 10.4 Å². The predicted molar refractivity (Wildman–Crippen MR) is 72.1 cm³/mol. The maximum absolute atomic E-state index is 12.4. The number of nitrogens with one attached hydrogen (secondary N) is 1. The van der Waals surface area contributed by atoms with E-state index in [9.17, 15) is 22.8 Å². The van der Waals surface area contributed by atoms with E-state index in [0.29, 0.717) is 18.4 Å². The van der Waals surface area contributed by atoms with Gasteiger partial charge in [-0.15, -0.1) is 0 Å². The molecule has 1 amide bonds. The lowest BCUT2D eigenvalue weighted by atomic mass is 9.74. The molecular weight excluding hydrogens is 299 g/mol. The molecule has 2 N–H and O–H groups in total. The van der Waals surface area contributed by atoms with Crippen LogP contribution in [-0.2, 0) is 22.2 Å². The van der Waals surface area contributed by atoms with Gasteiger partial charge in [0.25, 0.3) is 0 Å². The molecule has 4 nitrogen and oxygen atoms in total. The van der Waals surface area contributed by atoms with Crippen LogP contribution in [0.1, 0.15) is 36.8 Å². The van der Waals surface area contributed by atoms with Crippen molar-refractivity contribution < 1.29 is 27.9 Å². The third-order valence-electron chi connectivity index (χ3n) is 3.85. The Morgan fingerprint density at radius 1 is 1.18 bits per heavy atom. The maximum atomic E-state index is 12.4. The topological polar surface area (TPSA) is 66.4 Å². The van der Waals surface area contributed by atoms with Crippen molar-refractivity contribution in [2.45, 2.75) is 43.8 Å². The van der Waals surface area contributed by atoms with E-state index in [4.69, 9.17) is 5.11 Å². The Morgan fingerprint density at radius 2 is 1.77 bits per heavy atom. The Hall–Kier alpha value is -2.05. The summed E-state index contributed by atoms with van der Waals surface area (Å²) in [5.41, 5.74) is -1.01. The first-order chi connectivity index (χ1) is 10.2. The van der Waals surface area contributed by atoms with Gasteiger partial charge in [0, 0.05) is 0 Å². The van der Waals surface area contributed by atoms with Crippen molar-refractivity contribution >= 4 is 11.9 Å². The van der Waals surface area contributed by atoms with E-state index in [1.165, 1.54) is 12.1 Å². The van der Waals surface area contributed by atoms with Crippen LogP contribution in [0.3, 0.4) is 0 Å². The van der Waals surface area contributed by atoms with Gasteiger partial charge in [-0.3, -0.25) is 9.59 Å². The highest BCUT2D eigenvalue weighted by Crippen LogP contribution is 2.35. The molecule has 0 aliphatic heterocycles. The second-order valence-electron chi connectivity index (χ2n) is 5.62. The molecule has 1 aromatic carbocycles. The molecule has 0 bridgehead atoms. The van der Waals surface area contributed by atoms with Crippen LogP contribution in [0.4, 0.5) is 13.2 Å². The Bertz CT molecular complexity index is 562. The summed E-state index contributed by atoms with van der Waals surface area (Å²) in [6.45, 7) is 0. The highest BCUT2D eigenvalue weighted by Gasteiger charge is 2.40. The van der Waals surface area contributed by atoms with Gasteiger partial charge in [-0.25, -0.2) is 0 Å². The fraction of sp³-hybridized carbons (Fsp3) is 0.467. The summed E-state index contributed by atoms with van der Waals surface area (Å²) in [6.07, 6.45) is -2.53. The molecule has 0 atom stereocenters. The number of halogens is 3. The molecule has 0 spiro atoms. The van der Waals surface area contributed by atoms with Crippen LogP contribution < -0.4 is 5.32 Å². The number of alkyl halides is 3. The van der Waals surface area contributed by atoms with Crippen LogP contribution in [0.25, 0.3) is 0 Å². The highest BCUT2D eigenvalue weighted by atomic mass is 19.4. The highest BCUT2D eigenvalue weighted by molar-refractivity contribution is 5.80. The molecule has 0 radical (unpaired) electrons. The van der Waals surface area contributed by atoms with Gasteiger partial charge in [-0.1, -0.05) is 12.1 Å². The zero-order valence-corrected chi connectivity index (χ0v) is 11.7. The zero-order chi connectivity index (χ0) is 16.4. The lowest BCUT2D eigenvalue weighted by molar-refractivity contribution is -0.140. The van der Waals surface area contributed by atoms with Crippen LogP contribution >= 0.6 is 0 Å². The van der Waals surface area contributed by atoms with Crippen LogP contribution in [0.2, 0.25) is 0 Å². The van der Waals surface area contributed by atoms with Gasteiger partial charge in [0.15, 0.2) is 0 Å². The summed E-state index contributed by atoms with van der Waals surface area (Å²) in [4.78, 5) is 22.8. The summed E-state index contributed by atoms with van der Waals surface area (Å²) in [5.74, 6) is -1.35. The summed E-state index contributed by atoms with van der Waals surface area (Å²) >= 11 is 0. The molecule has 1 aliphatic carbocycles. The number of carbonyl (C=O) groups is 2. The van der Waals surface area contributed by atoms with Gasteiger partial charge in [0.05, 0.1) is 23.9 Å². The third-order valence-corrected chi connectivity index (χ3v) is 3.85. The van der Waals surface area contributed by atoms with Crippen LogP contribution in [0.5, 0.6) is 0 Å². The average molecular weight is 315 g/mol. The number of carboxylic acids is 1. The van der Waals surface area contributed by atoms with Crippen LogP contribution in [-0.4, -0.2) is 22.5 Å². The second-order valence-corrected chi connectivity index (χ2v) is 5.62. The van der Waals surface area contributed by atoms with Crippen molar-refractivity contribution in [1.82, 2.24) is 5.32 Å². The first kappa shape index (κ1) is 16.3. The third kappa shape index (κ3) is 3.99. The maximum Gasteiger partial charge on any atom is 0.416 e. The molecule has 1 aromatic rings. The molecule has 120 valence electrons. The molecule has 22 heavy (non-hydrogen) atoms. The number of rotatable bonds is 5. The van der Waals surface area contributed by atoms with Gasteiger partial charge >= 0.3 is 12.1 Å². The van der Waals surface area contributed by atoms with Crippen molar-refractivity contribution in [2.75, 3.05) is 0 Å². The lowest BCUT2D eigenvalue weighted by Crippen LogP contribution is -2.55. The van der Waals surface area contributed by atoms with Crippen LogP contribution in [0.15, 0.2) is 24.3 Å². The second kappa shape index (κ2) is 5.98. The van der Waals surface area contributed by atoms with Crippen molar-refractivity contribution in [1.29, 1.82) is 0 Å². The van der Waals surface area contributed by atoms with Crippen LogP contribution in [0, 0.1) is 0 Å². The van der Waals surface area contributed by atoms with Gasteiger partial charge in [0.1, 0.15) is 0 Å². The molecule has 1 fully saturated rings. The van der Waals surface area contributed by atoms with Gasteiger partial charge in [0.2, 0.25) is 5.91 Å². The molecule has 0 heterocycles. The largest absolute Gasteiger partial charge is 0.481 e. The van der Waals surface area contributed by atoms with E-state index in [0.717, 1.165) is 18.6 Å². The standard InChI is InChI=1S/C15H16F3NO3/c16-15(17,18)11-4-2-10(3-5-11)8-12(20)19-14(6-1-7-14)9-13(21)22/h2-5H,1,6-9H2,(H,19,20)(H,21,22).